The van der Waals surface area contributed by atoms with Crippen molar-refractivity contribution in [3.05, 3.63) is 60.2 Å². The molecule has 1 saturated heterocycles. The molecule has 180 valence electrons. The average Bonchev–Trinajstić information content (AvgIpc) is 3.30. The van der Waals surface area contributed by atoms with Crippen LogP contribution >= 0.6 is 0 Å². The highest BCUT2D eigenvalue weighted by molar-refractivity contribution is 7.91. The molecule has 4 rings (SSSR count). The lowest BCUT2D eigenvalue weighted by Gasteiger charge is -2.30. The van der Waals surface area contributed by atoms with Crippen molar-refractivity contribution in [2.24, 2.45) is 0 Å². The van der Waals surface area contributed by atoms with Crippen molar-refractivity contribution < 1.29 is 30.9 Å². The predicted octanol–water partition coefficient (Wildman–Crippen LogP) is 3.69. The van der Waals surface area contributed by atoms with Crippen LogP contribution < -0.4 is 5.32 Å². The number of nitrogens with zero attached hydrogens (tertiary/aromatic N) is 3. The van der Waals surface area contributed by atoms with Gasteiger partial charge < -0.3 is 9.84 Å². The van der Waals surface area contributed by atoms with Gasteiger partial charge in [-0.2, -0.15) is 13.8 Å². The Morgan fingerprint density at radius 2 is 1.85 bits per heavy atom. The summed E-state index contributed by atoms with van der Waals surface area (Å²) >= 11 is 0. The van der Waals surface area contributed by atoms with Crippen LogP contribution in [0.1, 0.15) is 24.7 Å². The van der Waals surface area contributed by atoms with Gasteiger partial charge in [0, 0.05) is 17.8 Å². The molecule has 12 heteroatoms. The maximum Gasteiger partial charge on any atom is 0.341 e. The molecule has 1 amide bonds. The number of amides is 1. The number of nitrogens with one attached hydrogen (secondary N) is 1. The Morgan fingerprint density at radius 1 is 1.15 bits per heavy atom. The van der Waals surface area contributed by atoms with E-state index in [-0.39, 0.29) is 24.2 Å². The van der Waals surface area contributed by atoms with Gasteiger partial charge in [0.1, 0.15) is 5.82 Å². The van der Waals surface area contributed by atoms with E-state index in [9.17, 15) is 26.4 Å². The van der Waals surface area contributed by atoms with Crippen LogP contribution in [0, 0.1) is 5.82 Å². The van der Waals surface area contributed by atoms with Crippen molar-refractivity contribution in [3.63, 3.8) is 0 Å². The summed E-state index contributed by atoms with van der Waals surface area (Å²) in [6.07, 6.45) is 1.62. The summed E-state index contributed by atoms with van der Waals surface area (Å²) in [5.74, 6) is -3.46. The van der Waals surface area contributed by atoms with Crippen LogP contribution in [0.25, 0.3) is 11.4 Å². The van der Waals surface area contributed by atoms with E-state index < -0.39 is 20.5 Å². The van der Waals surface area contributed by atoms with Crippen LogP contribution in [0.3, 0.4) is 0 Å². The van der Waals surface area contributed by atoms with E-state index in [1.807, 2.05) is 4.90 Å². The molecule has 0 aliphatic carbocycles. The van der Waals surface area contributed by atoms with Crippen LogP contribution in [-0.4, -0.2) is 54.8 Å². The van der Waals surface area contributed by atoms with E-state index in [0.717, 1.165) is 25.0 Å². The topological polar surface area (TPSA) is 105 Å². The Morgan fingerprint density at radius 3 is 2.53 bits per heavy atom. The predicted molar refractivity (Wildman–Crippen MR) is 116 cm³/mol. The normalized spacial score (nSPS) is 17.1. The molecule has 34 heavy (non-hydrogen) atoms. The summed E-state index contributed by atoms with van der Waals surface area (Å²) < 4.78 is 66.8. The van der Waals surface area contributed by atoms with Crippen LogP contribution in [-0.2, 0) is 14.6 Å². The zero-order valence-corrected chi connectivity index (χ0v) is 18.6. The summed E-state index contributed by atoms with van der Waals surface area (Å²) in [5, 5.41) is 6.61. The van der Waals surface area contributed by atoms with E-state index in [2.05, 4.69) is 15.5 Å². The lowest BCUT2D eigenvalue weighted by molar-refractivity contribution is -0.117. The van der Waals surface area contributed by atoms with Gasteiger partial charge in [0.2, 0.25) is 27.5 Å². The first kappa shape index (κ1) is 23.9. The smallest absolute Gasteiger partial charge is 0.339 e. The van der Waals surface area contributed by atoms with E-state index in [0.29, 0.717) is 36.1 Å². The Balaban J connectivity index is 1.34. The number of carbonyl (C=O) groups excluding carboxylic acids is 1. The highest BCUT2D eigenvalue weighted by Crippen LogP contribution is 2.28. The van der Waals surface area contributed by atoms with E-state index in [1.54, 1.807) is 12.1 Å². The van der Waals surface area contributed by atoms with E-state index in [4.69, 9.17) is 4.52 Å². The minimum atomic E-state index is -4.69. The van der Waals surface area contributed by atoms with E-state index >= 15 is 0 Å². The van der Waals surface area contributed by atoms with Gasteiger partial charge in [-0.05, 0) is 67.9 Å². The maximum atomic E-state index is 13.1. The summed E-state index contributed by atoms with van der Waals surface area (Å²) in [6.45, 7) is 1.28. The first-order valence-electron chi connectivity index (χ1n) is 10.5. The summed E-state index contributed by atoms with van der Waals surface area (Å²) in [7, 11) is -4.69. The third kappa shape index (κ3) is 5.45. The maximum absolute atomic E-state index is 13.1. The SMILES string of the molecule is O=C(CN1CCCC(c2nc(-c3ccc(F)cc3)no2)C1)Nc1ccc(S(=O)(=O)C(F)F)cc1. The third-order valence-corrected chi connectivity index (χ3v) is 6.87. The van der Waals surface area contributed by atoms with Crippen molar-refractivity contribution in [2.75, 3.05) is 25.0 Å². The molecule has 1 aliphatic heterocycles. The van der Waals surface area contributed by atoms with Gasteiger partial charge in [0.05, 0.1) is 17.4 Å². The molecule has 1 aromatic heterocycles. The minimum Gasteiger partial charge on any atom is -0.339 e. The van der Waals surface area contributed by atoms with Crippen molar-refractivity contribution >= 4 is 21.4 Å². The van der Waals surface area contributed by atoms with Crippen LogP contribution in [0.5, 0.6) is 0 Å². The minimum absolute atomic E-state index is 0.0675. The van der Waals surface area contributed by atoms with E-state index in [1.165, 1.54) is 24.3 Å². The number of halogens is 3. The molecule has 2 aromatic carbocycles. The molecular weight excluding hydrogens is 473 g/mol. The van der Waals surface area contributed by atoms with Gasteiger partial charge in [-0.15, -0.1) is 0 Å². The van der Waals surface area contributed by atoms with Gasteiger partial charge in [-0.3, -0.25) is 9.69 Å². The zero-order valence-electron chi connectivity index (χ0n) is 17.8. The van der Waals surface area contributed by atoms with Crippen molar-refractivity contribution in [3.8, 4) is 11.4 Å². The van der Waals surface area contributed by atoms with Gasteiger partial charge in [-0.25, -0.2) is 12.8 Å². The van der Waals surface area contributed by atoms with Gasteiger partial charge in [0.25, 0.3) is 0 Å². The van der Waals surface area contributed by atoms with Crippen molar-refractivity contribution in [1.82, 2.24) is 15.0 Å². The number of anilines is 1. The number of sulfone groups is 1. The van der Waals surface area contributed by atoms with Crippen LogP contribution in [0.4, 0.5) is 18.9 Å². The molecule has 1 atom stereocenters. The molecule has 2 heterocycles. The molecule has 0 bridgehead atoms. The van der Waals surface area contributed by atoms with Gasteiger partial charge in [0.15, 0.2) is 0 Å². The molecule has 1 N–H and O–H groups in total. The highest BCUT2D eigenvalue weighted by atomic mass is 32.2. The fraction of sp³-hybridized carbons (Fsp3) is 0.318. The largest absolute Gasteiger partial charge is 0.341 e. The third-order valence-electron chi connectivity index (χ3n) is 5.47. The van der Waals surface area contributed by atoms with Gasteiger partial charge in [-0.1, -0.05) is 5.16 Å². The Labute approximate surface area is 193 Å². The van der Waals surface area contributed by atoms with Crippen molar-refractivity contribution in [2.45, 2.75) is 29.4 Å². The monoisotopic (exact) mass is 494 g/mol. The Hall–Kier alpha value is -3.25. The number of rotatable bonds is 7. The fourth-order valence-electron chi connectivity index (χ4n) is 3.75. The first-order valence-corrected chi connectivity index (χ1v) is 12.0. The molecule has 8 nitrogen and oxygen atoms in total. The molecule has 1 unspecified atom stereocenters. The Kier molecular flexibility index (Phi) is 6.98. The molecule has 0 spiro atoms. The number of hydrogen-bond acceptors (Lipinski definition) is 7. The number of hydrogen-bond donors (Lipinski definition) is 1. The van der Waals surface area contributed by atoms with Crippen molar-refractivity contribution in [1.29, 1.82) is 0 Å². The Bertz CT molecular complexity index is 1250. The molecule has 1 aliphatic rings. The number of piperidine rings is 1. The number of likely N-dealkylation sites (tertiary alicyclic amines) is 1. The fourth-order valence-corrected chi connectivity index (χ4v) is 4.47. The molecule has 1 fully saturated rings. The quantitative estimate of drug-likeness (QED) is 0.534. The highest BCUT2D eigenvalue weighted by Gasteiger charge is 2.28. The second-order valence-electron chi connectivity index (χ2n) is 7.92. The lowest BCUT2D eigenvalue weighted by atomic mass is 9.98. The summed E-state index contributed by atoms with van der Waals surface area (Å²) in [4.78, 5) is 18.3. The zero-order chi connectivity index (χ0) is 24.3. The van der Waals surface area contributed by atoms with Crippen LogP contribution in [0.15, 0.2) is 57.9 Å². The number of alkyl halides is 2. The second kappa shape index (κ2) is 9.94. The summed E-state index contributed by atoms with van der Waals surface area (Å²) in [5.41, 5.74) is 0.934. The number of aromatic nitrogens is 2. The summed E-state index contributed by atoms with van der Waals surface area (Å²) in [6, 6.07) is 10.4. The molecule has 0 saturated carbocycles. The standard InChI is InChI=1S/C22H21F3N4O4S/c23-16-5-3-14(4-6-16)20-27-21(33-28-20)15-2-1-11-29(12-15)13-19(30)26-17-7-9-18(10-8-17)34(31,32)22(24)25/h3-10,15,22H,1-2,11-13H2,(H,26,30). The molecular formula is C22H21F3N4O4S. The number of benzene rings is 2. The van der Waals surface area contributed by atoms with Gasteiger partial charge >= 0.3 is 5.76 Å². The van der Waals surface area contributed by atoms with Crippen LogP contribution in [0.2, 0.25) is 0 Å². The lowest BCUT2D eigenvalue weighted by Crippen LogP contribution is -2.39. The number of carbonyl (C=O) groups is 1. The average molecular weight is 494 g/mol. The molecule has 3 aromatic rings. The molecule has 0 radical (unpaired) electrons. The second-order valence-corrected chi connectivity index (χ2v) is 9.83. The first-order chi connectivity index (χ1) is 16.2.